The van der Waals surface area contributed by atoms with Crippen LogP contribution in [0.15, 0.2) is 164 Å². The molecular formula is C36H28Cl2N2. The Bertz CT molecular complexity index is 1530. The quantitative estimate of drug-likeness (QED) is 0.145. The Balaban J connectivity index is 1.64. The van der Waals surface area contributed by atoms with Crippen LogP contribution in [0, 0.1) is 0 Å². The van der Waals surface area contributed by atoms with Gasteiger partial charge in [0.2, 0.25) is 0 Å². The highest BCUT2D eigenvalue weighted by Crippen LogP contribution is 2.46. The van der Waals surface area contributed by atoms with E-state index >= 15 is 0 Å². The fourth-order valence-electron chi connectivity index (χ4n) is 5.42. The molecule has 40 heavy (non-hydrogen) atoms. The van der Waals surface area contributed by atoms with E-state index in [2.05, 4.69) is 125 Å². The number of para-hydroxylation sites is 2. The summed E-state index contributed by atoms with van der Waals surface area (Å²) in [6.45, 7) is 0. The molecule has 0 saturated heterocycles. The normalized spacial score (nSPS) is 14.2. The summed E-state index contributed by atoms with van der Waals surface area (Å²) in [6, 6.07) is 47.5. The minimum absolute atomic E-state index is 0.142. The maximum atomic E-state index is 6.60. The highest BCUT2D eigenvalue weighted by atomic mass is 35.5. The molecule has 4 heteroatoms. The first-order valence-electron chi connectivity index (χ1n) is 13.3. The van der Waals surface area contributed by atoms with Gasteiger partial charge in [-0.05, 0) is 78.4 Å². The number of rotatable bonds is 7. The lowest BCUT2D eigenvalue weighted by molar-refractivity contribution is 0.625. The predicted molar refractivity (Wildman–Crippen MR) is 170 cm³/mol. The smallest absolute Gasteiger partial charge is 0.160 e. The van der Waals surface area contributed by atoms with E-state index in [1.54, 1.807) is 0 Å². The Hall–Kier alpha value is -4.24. The average molecular weight is 560 g/mol. The van der Waals surface area contributed by atoms with E-state index < -0.39 is 5.66 Å². The summed E-state index contributed by atoms with van der Waals surface area (Å²) in [5.74, 6) is 0.142. The van der Waals surface area contributed by atoms with Gasteiger partial charge in [0.25, 0.3) is 0 Å². The van der Waals surface area contributed by atoms with Gasteiger partial charge in [-0.1, -0.05) is 114 Å². The van der Waals surface area contributed by atoms with Crippen molar-refractivity contribution in [3.63, 3.8) is 0 Å². The molecule has 0 atom stereocenters. The van der Waals surface area contributed by atoms with Gasteiger partial charge in [-0.2, -0.15) is 0 Å². The van der Waals surface area contributed by atoms with Gasteiger partial charge in [0.05, 0.1) is 0 Å². The SMILES string of the molecule is Clc1cccc(N(c2ccccc2)C2(N(c3ccccc3)c3cccc(Cl)c3)C=CC(c3ccccc3)C=C2)c1. The van der Waals surface area contributed by atoms with E-state index in [0.29, 0.717) is 10.0 Å². The zero-order valence-electron chi connectivity index (χ0n) is 21.8. The number of anilines is 4. The summed E-state index contributed by atoms with van der Waals surface area (Å²) in [5, 5.41) is 1.35. The fourth-order valence-corrected chi connectivity index (χ4v) is 5.78. The van der Waals surface area contributed by atoms with Crippen molar-refractivity contribution in [2.24, 2.45) is 0 Å². The monoisotopic (exact) mass is 558 g/mol. The van der Waals surface area contributed by atoms with Crippen molar-refractivity contribution in [3.8, 4) is 0 Å². The zero-order valence-corrected chi connectivity index (χ0v) is 23.3. The number of hydrogen-bond donors (Lipinski definition) is 0. The molecule has 5 aromatic carbocycles. The minimum atomic E-state index is -0.788. The number of halogens is 2. The molecular weight excluding hydrogens is 531 g/mol. The second kappa shape index (κ2) is 11.5. The molecule has 0 fully saturated rings. The van der Waals surface area contributed by atoms with Gasteiger partial charge in [-0.15, -0.1) is 0 Å². The number of nitrogens with zero attached hydrogens (tertiary/aromatic N) is 2. The van der Waals surface area contributed by atoms with E-state index in [1.165, 1.54) is 5.56 Å². The molecule has 0 heterocycles. The van der Waals surface area contributed by atoms with Gasteiger partial charge >= 0.3 is 0 Å². The number of benzene rings is 5. The Morgan fingerprint density at radius 3 is 1.27 bits per heavy atom. The molecule has 196 valence electrons. The Morgan fingerprint density at radius 2 is 0.850 bits per heavy atom. The van der Waals surface area contributed by atoms with Crippen molar-refractivity contribution in [3.05, 3.63) is 179 Å². The minimum Gasteiger partial charge on any atom is -0.311 e. The molecule has 0 unspecified atom stereocenters. The maximum Gasteiger partial charge on any atom is 0.160 e. The molecule has 1 aliphatic rings. The van der Waals surface area contributed by atoms with Crippen molar-refractivity contribution in [1.82, 2.24) is 0 Å². The molecule has 0 aliphatic heterocycles. The van der Waals surface area contributed by atoms with Crippen LogP contribution in [-0.4, -0.2) is 5.66 Å². The van der Waals surface area contributed by atoms with Crippen LogP contribution in [0.3, 0.4) is 0 Å². The van der Waals surface area contributed by atoms with Crippen molar-refractivity contribution < 1.29 is 0 Å². The summed E-state index contributed by atoms with van der Waals surface area (Å²) in [7, 11) is 0. The van der Waals surface area contributed by atoms with Crippen molar-refractivity contribution in [1.29, 1.82) is 0 Å². The molecule has 5 aromatic rings. The molecule has 0 N–H and O–H groups in total. The first-order chi connectivity index (χ1) is 19.6. The molecule has 0 bridgehead atoms. The van der Waals surface area contributed by atoms with Gasteiger partial charge in [0.15, 0.2) is 5.66 Å². The van der Waals surface area contributed by atoms with E-state index in [1.807, 2.05) is 48.5 Å². The van der Waals surface area contributed by atoms with Crippen molar-refractivity contribution in [2.45, 2.75) is 11.6 Å². The van der Waals surface area contributed by atoms with Crippen LogP contribution in [0.25, 0.3) is 0 Å². The molecule has 0 radical (unpaired) electrons. The Kier molecular flexibility index (Phi) is 7.46. The maximum absolute atomic E-state index is 6.60. The molecule has 1 aliphatic carbocycles. The summed E-state index contributed by atoms with van der Waals surface area (Å²) in [4.78, 5) is 4.67. The van der Waals surface area contributed by atoms with Crippen LogP contribution in [0.1, 0.15) is 11.5 Å². The lowest BCUT2D eigenvalue weighted by Gasteiger charge is -2.51. The Labute approximate surface area is 246 Å². The first-order valence-corrected chi connectivity index (χ1v) is 14.0. The van der Waals surface area contributed by atoms with E-state index in [4.69, 9.17) is 23.2 Å². The van der Waals surface area contributed by atoms with Crippen LogP contribution < -0.4 is 9.80 Å². The third kappa shape index (κ3) is 5.16. The third-order valence-electron chi connectivity index (χ3n) is 7.16. The molecule has 0 aromatic heterocycles. The van der Waals surface area contributed by atoms with Crippen LogP contribution in [0.5, 0.6) is 0 Å². The lowest BCUT2D eigenvalue weighted by atomic mass is 9.87. The van der Waals surface area contributed by atoms with E-state index in [-0.39, 0.29) is 5.92 Å². The summed E-state index contributed by atoms with van der Waals surface area (Å²) < 4.78 is 0. The highest BCUT2D eigenvalue weighted by molar-refractivity contribution is 6.31. The number of hydrogen-bond acceptors (Lipinski definition) is 2. The summed E-state index contributed by atoms with van der Waals surface area (Å²) in [6.07, 6.45) is 9.17. The molecule has 0 spiro atoms. The van der Waals surface area contributed by atoms with Gasteiger partial charge < -0.3 is 9.80 Å². The fraction of sp³-hybridized carbons (Fsp3) is 0.0556. The molecule has 0 amide bonds. The van der Waals surface area contributed by atoms with Crippen molar-refractivity contribution >= 4 is 46.0 Å². The van der Waals surface area contributed by atoms with E-state index in [0.717, 1.165) is 22.7 Å². The molecule has 2 nitrogen and oxygen atoms in total. The van der Waals surface area contributed by atoms with Gasteiger partial charge in [0, 0.05) is 38.7 Å². The summed E-state index contributed by atoms with van der Waals surface area (Å²) in [5.41, 5.74) is 4.44. The van der Waals surface area contributed by atoms with Gasteiger partial charge in [-0.3, -0.25) is 0 Å². The van der Waals surface area contributed by atoms with E-state index in [9.17, 15) is 0 Å². The first kappa shape index (κ1) is 26.0. The topological polar surface area (TPSA) is 6.48 Å². The van der Waals surface area contributed by atoms with Gasteiger partial charge in [-0.25, -0.2) is 0 Å². The predicted octanol–water partition coefficient (Wildman–Crippen LogP) is 10.6. The number of allylic oxidation sites excluding steroid dienone is 2. The average Bonchev–Trinajstić information content (AvgIpc) is 3.00. The summed E-state index contributed by atoms with van der Waals surface area (Å²) >= 11 is 13.2. The molecule has 0 saturated carbocycles. The van der Waals surface area contributed by atoms with Crippen LogP contribution in [-0.2, 0) is 0 Å². The van der Waals surface area contributed by atoms with Crippen molar-refractivity contribution in [2.75, 3.05) is 9.80 Å². The second-order valence-electron chi connectivity index (χ2n) is 9.74. The van der Waals surface area contributed by atoms with Gasteiger partial charge in [0.1, 0.15) is 0 Å². The largest absolute Gasteiger partial charge is 0.311 e. The standard InChI is InChI=1S/C36H28Cl2N2/c37-30-14-10-20-34(26-30)39(32-16-6-2-7-17-32)36(24-22-29(23-25-36)28-12-4-1-5-13-28)40(33-18-8-3-9-19-33)35-21-11-15-31(38)27-35/h1-27,29H. The van der Waals surface area contributed by atoms with Crippen LogP contribution >= 0.6 is 23.2 Å². The molecule has 6 rings (SSSR count). The van der Waals surface area contributed by atoms with Crippen LogP contribution in [0.4, 0.5) is 22.7 Å². The lowest BCUT2D eigenvalue weighted by Crippen LogP contribution is -2.56. The highest BCUT2D eigenvalue weighted by Gasteiger charge is 2.42. The third-order valence-corrected chi connectivity index (χ3v) is 7.63. The Morgan fingerprint density at radius 1 is 0.450 bits per heavy atom. The zero-order chi connectivity index (χ0) is 27.4. The second-order valence-corrected chi connectivity index (χ2v) is 10.6. The van der Waals surface area contributed by atoms with Crippen LogP contribution in [0.2, 0.25) is 10.0 Å².